The molecule has 8 heteroatoms. The number of amides is 2. The second-order valence-corrected chi connectivity index (χ2v) is 8.45. The number of aryl methyl sites for hydroxylation is 1. The van der Waals surface area contributed by atoms with Crippen LogP contribution in [0.5, 0.6) is 0 Å². The van der Waals surface area contributed by atoms with Crippen LogP contribution in [0.3, 0.4) is 0 Å². The first-order chi connectivity index (χ1) is 14.1. The molecular weight excluding hydrogens is 404 g/mol. The molecule has 0 fully saturated rings. The zero-order valence-electron chi connectivity index (χ0n) is 15.7. The zero-order valence-corrected chi connectivity index (χ0v) is 17.3. The molecule has 2 amide bonds. The van der Waals surface area contributed by atoms with Gasteiger partial charge in [-0.15, -0.1) is 11.8 Å². The summed E-state index contributed by atoms with van der Waals surface area (Å²) in [5.41, 5.74) is 2.44. The molecule has 0 radical (unpaired) electrons. The van der Waals surface area contributed by atoms with Gasteiger partial charge in [0, 0.05) is 27.9 Å². The largest absolute Gasteiger partial charge is 0.324 e. The van der Waals surface area contributed by atoms with Crippen LogP contribution in [0, 0.1) is 6.92 Å². The second kappa shape index (κ2) is 8.67. The summed E-state index contributed by atoms with van der Waals surface area (Å²) in [6, 6.07) is 15.2. The van der Waals surface area contributed by atoms with E-state index in [1.54, 1.807) is 23.4 Å². The molecule has 1 aliphatic heterocycles. The molecule has 0 aliphatic carbocycles. The van der Waals surface area contributed by atoms with Crippen molar-refractivity contribution in [3.8, 4) is 0 Å². The van der Waals surface area contributed by atoms with Gasteiger partial charge in [0.05, 0.1) is 11.4 Å². The van der Waals surface area contributed by atoms with Crippen molar-refractivity contribution in [2.45, 2.75) is 21.9 Å². The Morgan fingerprint density at radius 1 is 1.17 bits per heavy atom. The summed E-state index contributed by atoms with van der Waals surface area (Å²) in [5, 5.41) is 3.59. The van der Waals surface area contributed by atoms with Crippen molar-refractivity contribution in [1.29, 1.82) is 0 Å². The fourth-order valence-electron chi connectivity index (χ4n) is 2.94. The maximum atomic E-state index is 12.6. The SMILES string of the molecule is Cc1cc(Sc2ncccn2)ccc1NC(=O)CN1C(=O)CSc2ccccc21. The fraction of sp³-hybridized carbons (Fsp3) is 0.143. The van der Waals surface area contributed by atoms with E-state index in [9.17, 15) is 9.59 Å². The lowest BCUT2D eigenvalue weighted by Gasteiger charge is -2.28. The van der Waals surface area contributed by atoms with Gasteiger partial charge in [-0.25, -0.2) is 9.97 Å². The van der Waals surface area contributed by atoms with E-state index < -0.39 is 0 Å². The minimum absolute atomic E-state index is 0.00972. The van der Waals surface area contributed by atoms with Crippen molar-refractivity contribution < 1.29 is 9.59 Å². The molecule has 146 valence electrons. The Balaban J connectivity index is 1.44. The van der Waals surface area contributed by atoms with Gasteiger partial charge in [-0.05, 0) is 60.6 Å². The molecule has 0 atom stereocenters. The highest BCUT2D eigenvalue weighted by Gasteiger charge is 2.26. The molecule has 0 saturated carbocycles. The van der Waals surface area contributed by atoms with Crippen LogP contribution in [-0.4, -0.2) is 34.1 Å². The van der Waals surface area contributed by atoms with Crippen LogP contribution in [0.15, 0.2) is 75.9 Å². The summed E-state index contributed by atoms with van der Waals surface area (Å²) in [6.07, 6.45) is 3.41. The van der Waals surface area contributed by atoms with Gasteiger partial charge in [0.2, 0.25) is 11.8 Å². The average Bonchev–Trinajstić information content (AvgIpc) is 2.73. The van der Waals surface area contributed by atoms with Crippen LogP contribution in [-0.2, 0) is 9.59 Å². The van der Waals surface area contributed by atoms with Crippen LogP contribution in [0.4, 0.5) is 11.4 Å². The Morgan fingerprint density at radius 2 is 1.97 bits per heavy atom. The summed E-state index contributed by atoms with van der Waals surface area (Å²) in [6.45, 7) is 1.92. The van der Waals surface area contributed by atoms with Crippen molar-refractivity contribution in [2.24, 2.45) is 0 Å². The molecule has 4 rings (SSSR count). The van der Waals surface area contributed by atoms with Gasteiger partial charge in [-0.1, -0.05) is 12.1 Å². The van der Waals surface area contributed by atoms with Crippen LogP contribution in [0.2, 0.25) is 0 Å². The minimum Gasteiger partial charge on any atom is -0.324 e. The number of anilines is 2. The van der Waals surface area contributed by atoms with E-state index in [0.29, 0.717) is 10.9 Å². The maximum absolute atomic E-state index is 12.6. The van der Waals surface area contributed by atoms with Crippen molar-refractivity contribution in [3.05, 3.63) is 66.5 Å². The summed E-state index contributed by atoms with van der Waals surface area (Å²) in [4.78, 5) is 36.9. The van der Waals surface area contributed by atoms with Gasteiger partial charge in [-0.3, -0.25) is 9.59 Å². The minimum atomic E-state index is -0.227. The Labute approximate surface area is 177 Å². The number of nitrogens with one attached hydrogen (secondary N) is 1. The molecule has 1 aliphatic rings. The Bertz CT molecular complexity index is 1060. The summed E-state index contributed by atoms with van der Waals surface area (Å²) in [5.74, 6) is 0.0571. The van der Waals surface area contributed by atoms with Crippen LogP contribution in [0.1, 0.15) is 5.56 Å². The van der Waals surface area contributed by atoms with Gasteiger partial charge in [-0.2, -0.15) is 0 Å². The van der Waals surface area contributed by atoms with Gasteiger partial charge < -0.3 is 10.2 Å². The number of nitrogens with zero attached hydrogens (tertiary/aromatic N) is 3. The second-order valence-electron chi connectivity index (χ2n) is 6.39. The molecule has 0 bridgehead atoms. The third kappa shape index (κ3) is 4.60. The number of aromatic nitrogens is 2. The van der Waals surface area contributed by atoms with Gasteiger partial charge in [0.25, 0.3) is 0 Å². The summed E-state index contributed by atoms with van der Waals surface area (Å²) >= 11 is 2.96. The summed E-state index contributed by atoms with van der Waals surface area (Å²) < 4.78 is 0. The van der Waals surface area contributed by atoms with E-state index >= 15 is 0 Å². The lowest BCUT2D eigenvalue weighted by molar-refractivity contribution is -0.120. The molecule has 0 unspecified atom stereocenters. The van der Waals surface area contributed by atoms with Crippen molar-refractivity contribution in [2.75, 3.05) is 22.5 Å². The zero-order chi connectivity index (χ0) is 20.2. The van der Waals surface area contributed by atoms with E-state index in [2.05, 4.69) is 15.3 Å². The average molecular weight is 423 g/mol. The molecule has 2 heterocycles. The fourth-order valence-corrected chi connectivity index (χ4v) is 4.69. The number of carbonyl (C=O) groups is 2. The van der Waals surface area contributed by atoms with Crippen molar-refractivity contribution in [3.63, 3.8) is 0 Å². The van der Waals surface area contributed by atoms with Crippen LogP contribution >= 0.6 is 23.5 Å². The smallest absolute Gasteiger partial charge is 0.244 e. The van der Waals surface area contributed by atoms with E-state index in [4.69, 9.17) is 0 Å². The molecule has 6 nitrogen and oxygen atoms in total. The molecule has 1 N–H and O–H groups in total. The maximum Gasteiger partial charge on any atom is 0.244 e. The molecule has 1 aromatic heterocycles. The molecule has 3 aromatic rings. The van der Waals surface area contributed by atoms with Crippen LogP contribution in [0.25, 0.3) is 0 Å². The van der Waals surface area contributed by atoms with Crippen molar-refractivity contribution in [1.82, 2.24) is 9.97 Å². The van der Waals surface area contributed by atoms with E-state index in [-0.39, 0.29) is 18.4 Å². The van der Waals surface area contributed by atoms with Gasteiger partial charge >= 0.3 is 0 Å². The van der Waals surface area contributed by atoms with Crippen LogP contribution < -0.4 is 10.2 Å². The normalized spacial score (nSPS) is 13.1. The number of fused-ring (bicyclic) bond motifs is 1. The number of carbonyl (C=O) groups excluding carboxylic acids is 2. The molecule has 0 spiro atoms. The number of benzene rings is 2. The highest BCUT2D eigenvalue weighted by molar-refractivity contribution is 8.00. The number of para-hydroxylation sites is 1. The van der Waals surface area contributed by atoms with E-state index in [1.807, 2.05) is 49.4 Å². The monoisotopic (exact) mass is 422 g/mol. The Kier molecular flexibility index (Phi) is 5.82. The number of hydrogen-bond acceptors (Lipinski definition) is 6. The first-order valence-corrected chi connectivity index (χ1v) is 10.8. The molecule has 0 saturated heterocycles. The number of thioether (sulfide) groups is 1. The van der Waals surface area contributed by atoms with Crippen molar-refractivity contribution >= 4 is 46.7 Å². The highest BCUT2D eigenvalue weighted by atomic mass is 32.2. The third-order valence-corrected chi connectivity index (χ3v) is 6.26. The highest BCUT2D eigenvalue weighted by Crippen LogP contribution is 2.35. The molecular formula is C21H18N4O2S2. The number of hydrogen-bond donors (Lipinski definition) is 1. The Morgan fingerprint density at radius 3 is 2.76 bits per heavy atom. The quantitative estimate of drug-likeness (QED) is 0.626. The van der Waals surface area contributed by atoms with E-state index in [1.165, 1.54) is 23.5 Å². The van der Waals surface area contributed by atoms with E-state index in [0.717, 1.165) is 26.7 Å². The topological polar surface area (TPSA) is 75.2 Å². The lowest BCUT2D eigenvalue weighted by Crippen LogP contribution is -2.41. The molecule has 2 aromatic carbocycles. The molecule has 29 heavy (non-hydrogen) atoms. The van der Waals surface area contributed by atoms with Gasteiger partial charge in [0.15, 0.2) is 5.16 Å². The standard InChI is InChI=1S/C21H18N4O2S2/c1-14-11-15(29-21-22-9-4-10-23-21)7-8-16(14)24-19(26)12-25-17-5-2-3-6-18(17)28-13-20(25)27/h2-11H,12-13H2,1H3,(H,24,26). The lowest BCUT2D eigenvalue weighted by atomic mass is 10.2. The number of rotatable bonds is 5. The van der Waals surface area contributed by atoms with Gasteiger partial charge in [0.1, 0.15) is 6.54 Å². The summed E-state index contributed by atoms with van der Waals surface area (Å²) in [7, 11) is 0. The predicted octanol–water partition coefficient (Wildman–Crippen LogP) is 4.01. The predicted molar refractivity (Wildman–Crippen MR) is 115 cm³/mol. The first-order valence-electron chi connectivity index (χ1n) is 8.98. The Hall–Kier alpha value is -2.84. The first kappa shape index (κ1) is 19.5. The third-order valence-electron chi connectivity index (χ3n) is 4.33.